The number of pyridine rings is 2. The number of amides is 1. The molecule has 4 aliphatic carbocycles. The van der Waals surface area contributed by atoms with Crippen molar-refractivity contribution in [1.29, 1.82) is 0 Å². The van der Waals surface area contributed by atoms with Gasteiger partial charge in [0.25, 0.3) is 11.4 Å². The summed E-state index contributed by atoms with van der Waals surface area (Å²) < 4.78 is 102. The number of carbonyl (C=O) groups is 2. The Bertz CT molecular complexity index is 2790. The molecule has 83 heavy (non-hydrogen) atoms. The number of carbonyl (C=O) groups excluding carboxylic acids is 2. The highest BCUT2D eigenvalue weighted by Crippen LogP contribution is 2.40. The zero-order valence-corrected chi connectivity index (χ0v) is 46.9. The Morgan fingerprint density at radius 3 is 1.36 bits per heavy atom. The standard InChI is InChI=1S/C29H35F3N4O5.C23H27F3N4O3.C6H9ClO2/c30-29(31,32)25-18-21(7-10-26(25)36(38)39)17-20-5-8-24(9-6-20)40-27-19-22(11-12-33-27)34-13-15-35(16-14-34)28(37)41-23-3-1-2-4-23;24-23(25,26)20-14-17(3-6-21(20)30(31)32)13-16-1-4-19(5-2-16)33-22-15-18(7-8-28-22)29-11-9-27-10-12-29;7-6(8)9-5-3-1-2-4-5/h7,10-12,18-20,23-24H,1-6,8-9,13-17H2;3,6-8,14-16,19,27H,1-2,4-5,9-13H2;5H,1-4H2. The van der Waals surface area contributed by atoms with Gasteiger partial charge in [0.05, 0.1) is 9.85 Å². The third-order valence-corrected chi connectivity index (χ3v) is 16.4. The van der Waals surface area contributed by atoms with E-state index in [2.05, 4.69) is 25.1 Å². The van der Waals surface area contributed by atoms with Crippen LogP contribution < -0.4 is 24.6 Å². The minimum Gasteiger partial charge on any atom is -0.474 e. The fraction of sp³-hybridized carbons (Fsp3) is 0.586. The second kappa shape index (κ2) is 29.2. The largest absolute Gasteiger partial charge is 0.474 e. The highest BCUT2D eigenvalue weighted by Gasteiger charge is 2.40. The molecule has 2 saturated heterocycles. The molecule has 2 aromatic carbocycles. The normalized spacial score (nSPS) is 21.7. The minimum absolute atomic E-state index is 0.0228. The maximum atomic E-state index is 13.3. The van der Waals surface area contributed by atoms with Gasteiger partial charge in [-0.05, 0) is 163 Å². The number of anilines is 2. The Hall–Kier alpha value is -6.69. The first-order chi connectivity index (χ1) is 39.7. The number of alkyl halides is 6. The number of nitro groups is 2. The van der Waals surface area contributed by atoms with Gasteiger partial charge < -0.3 is 39.0 Å². The van der Waals surface area contributed by atoms with E-state index in [0.29, 0.717) is 61.9 Å². The van der Waals surface area contributed by atoms with Gasteiger partial charge in [0.1, 0.15) is 35.5 Å². The number of ether oxygens (including phenoxy) is 4. The Balaban J connectivity index is 0.000000191. The van der Waals surface area contributed by atoms with Gasteiger partial charge in [0.15, 0.2) is 0 Å². The van der Waals surface area contributed by atoms with Crippen LogP contribution in [-0.4, -0.2) is 113 Å². The zero-order valence-electron chi connectivity index (χ0n) is 46.1. The monoisotopic (exact) mass is 1190 g/mol. The molecule has 0 atom stereocenters. The number of hydrogen-bond acceptors (Lipinski definition) is 15. The van der Waals surface area contributed by atoms with Crippen LogP contribution in [0.4, 0.5) is 58.7 Å². The van der Waals surface area contributed by atoms with Gasteiger partial charge in [0, 0.05) is 112 Å². The van der Waals surface area contributed by atoms with E-state index in [9.17, 15) is 56.2 Å². The number of halogens is 7. The second-order valence-electron chi connectivity index (χ2n) is 22.1. The maximum Gasteiger partial charge on any atom is 0.423 e. The van der Waals surface area contributed by atoms with Gasteiger partial charge in [-0.1, -0.05) is 12.1 Å². The van der Waals surface area contributed by atoms with Crippen molar-refractivity contribution in [1.82, 2.24) is 20.2 Å². The summed E-state index contributed by atoms with van der Waals surface area (Å²) >= 11 is 5.00. The molecule has 452 valence electrons. The molecule has 6 aliphatic rings. The third kappa shape index (κ3) is 18.7. The lowest BCUT2D eigenvalue weighted by molar-refractivity contribution is -0.388. The van der Waals surface area contributed by atoms with Gasteiger partial charge in [-0.2, -0.15) is 26.3 Å². The van der Waals surface area contributed by atoms with E-state index >= 15 is 0 Å². The molecule has 18 nitrogen and oxygen atoms in total. The van der Waals surface area contributed by atoms with Crippen molar-refractivity contribution in [3.8, 4) is 11.8 Å². The van der Waals surface area contributed by atoms with E-state index in [-0.39, 0.29) is 42.3 Å². The van der Waals surface area contributed by atoms with Crippen molar-refractivity contribution in [3.63, 3.8) is 0 Å². The molecule has 1 amide bonds. The lowest BCUT2D eigenvalue weighted by atomic mass is 9.83. The van der Waals surface area contributed by atoms with Crippen molar-refractivity contribution < 1.29 is 64.7 Å². The summed E-state index contributed by atoms with van der Waals surface area (Å²) in [6, 6.07) is 14.4. The van der Waals surface area contributed by atoms with Crippen molar-refractivity contribution in [2.45, 2.75) is 152 Å². The number of hydrogen-bond donors (Lipinski definition) is 1. The molecule has 1 N–H and O–H groups in total. The number of piperazine rings is 2. The molecule has 2 aromatic heterocycles. The lowest BCUT2D eigenvalue weighted by Gasteiger charge is -2.36. The number of aromatic nitrogens is 2. The molecule has 4 saturated carbocycles. The highest BCUT2D eigenvalue weighted by molar-refractivity contribution is 6.61. The number of benzene rings is 2. The maximum absolute atomic E-state index is 13.3. The van der Waals surface area contributed by atoms with E-state index in [1.54, 1.807) is 17.3 Å². The summed E-state index contributed by atoms with van der Waals surface area (Å²) in [5.74, 6) is 1.51. The fourth-order valence-corrected chi connectivity index (χ4v) is 12.0. The van der Waals surface area contributed by atoms with Crippen LogP contribution in [0.15, 0.2) is 73.1 Å². The summed E-state index contributed by atoms with van der Waals surface area (Å²) in [4.78, 5) is 57.6. The van der Waals surface area contributed by atoms with Gasteiger partial charge >= 0.3 is 23.9 Å². The summed E-state index contributed by atoms with van der Waals surface area (Å²) in [7, 11) is 0. The van der Waals surface area contributed by atoms with Gasteiger partial charge in [-0.15, -0.1) is 0 Å². The summed E-state index contributed by atoms with van der Waals surface area (Å²) in [5.41, 5.74) is -1.88. The van der Waals surface area contributed by atoms with E-state index in [1.807, 2.05) is 24.3 Å². The van der Waals surface area contributed by atoms with Crippen molar-refractivity contribution in [2.24, 2.45) is 11.8 Å². The van der Waals surface area contributed by atoms with Crippen LogP contribution in [0.3, 0.4) is 0 Å². The van der Waals surface area contributed by atoms with Crippen LogP contribution in [0.25, 0.3) is 0 Å². The number of rotatable bonds is 14. The van der Waals surface area contributed by atoms with E-state index in [0.717, 1.165) is 165 Å². The van der Waals surface area contributed by atoms with Gasteiger partial charge in [-0.25, -0.2) is 19.6 Å². The SMILES string of the molecule is O=C(Cl)OC1CCCC1.O=C(OC1CCCC1)N1CCN(c2ccnc(OC3CCC(Cc4ccc([N+](=O)[O-])c(C(F)(F)F)c4)CC3)c2)CC1.O=[N+]([O-])c1ccc(CC2CCC(Oc3cc(N4CCNCC4)ccn3)CC2)cc1C(F)(F)F. The molecular weight excluding hydrogens is 1120 g/mol. The molecule has 0 bridgehead atoms. The number of nitro benzene ring substituents is 2. The summed E-state index contributed by atoms with van der Waals surface area (Å²) in [5, 5.41) is 25.3. The fourth-order valence-electron chi connectivity index (χ4n) is 11.9. The predicted octanol–water partition coefficient (Wildman–Crippen LogP) is 13.3. The Kier molecular flexibility index (Phi) is 21.9. The second-order valence-corrected chi connectivity index (χ2v) is 22.4. The first-order valence-electron chi connectivity index (χ1n) is 28.7. The van der Waals surface area contributed by atoms with Crippen molar-refractivity contribution in [3.05, 3.63) is 116 Å². The van der Waals surface area contributed by atoms with E-state index in [1.165, 1.54) is 12.1 Å². The van der Waals surface area contributed by atoms with Crippen LogP contribution >= 0.6 is 11.6 Å². The molecular formula is C58H71ClF6N8O10. The first-order valence-corrected chi connectivity index (χ1v) is 29.1. The molecule has 25 heteroatoms. The smallest absolute Gasteiger partial charge is 0.423 e. The zero-order chi connectivity index (χ0) is 59.1. The molecule has 0 spiro atoms. The average Bonchev–Trinajstić information content (AvgIpc) is 4.36. The minimum atomic E-state index is -4.78. The van der Waals surface area contributed by atoms with Crippen molar-refractivity contribution >= 4 is 45.9 Å². The number of nitrogens with one attached hydrogen (secondary N) is 1. The van der Waals surface area contributed by atoms with Crippen LogP contribution in [0, 0.1) is 32.1 Å². The van der Waals surface area contributed by atoms with Gasteiger partial charge in [0.2, 0.25) is 11.8 Å². The van der Waals surface area contributed by atoms with Crippen LogP contribution in [0.5, 0.6) is 11.8 Å². The quantitative estimate of drug-likeness (QED) is 0.0540. The molecule has 6 fully saturated rings. The topological polar surface area (TPSA) is 205 Å². The molecule has 10 rings (SSSR count). The van der Waals surface area contributed by atoms with Crippen LogP contribution in [0.2, 0.25) is 0 Å². The molecule has 0 unspecified atom stereocenters. The number of nitrogens with zero attached hydrogens (tertiary/aromatic N) is 7. The predicted molar refractivity (Wildman–Crippen MR) is 297 cm³/mol. The molecule has 4 heterocycles. The lowest BCUT2D eigenvalue weighted by Crippen LogP contribution is -2.49. The Labute approximate surface area is 482 Å². The third-order valence-electron chi connectivity index (χ3n) is 16.3. The van der Waals surface area contributed by atoms with E-state index in [4.69, 9.17) is 30.5 Å². The molecule has 0 radical (unpaired) electrons. The van der Waals surface area contributed by atoms with Gasteiger partial charge in [-0.3, -0.25) is 20.2 Å². The summed E-state index contributed by atoms with van der Waals surface area (Å²) in [6.45, 7) is 6.32. The first kappa shape index (κ1) is 62.4. The van der Waals surface area contributed by atoms with E-state index < -0.39 is 50.1 Å². The van der Waals surface area contributed by atoms with Crippen LogP contribution in [0.1, 0.15) is 125 Å². The molecule has 4 aromatic rings. The average molecular weight is 1190 g/mol. The Morgan fingerprint density at radius 2 is 0.964 bits per heavy atom. The van der Waals surface area contributed by atoms with Crippen LogP contribution in [-0.2, 0) is 34.7 Å². The Morgan fingerprint density at radius 1 is 0.554 bits per heavy atom. The van der Waals surface area contributed by atoms with Crippen molar-refractivity contribution in [2.75, 3.05) is 62.2 Å². The summed E-state index contributed by atoms with van der Waals surface area (Å²) in [6.07, 6.45) is 9.47. The molecule has 2 aliphatic heterocycles. The highest BCUT2D eigenvalue weighted by atomic mass is 35.5.